The number of aryl methyl sites for hydroxylation is 1. The van der Waals surface area contributed by atoms with Gasteiger partial charge in [0.15, 0.2) is 0 Å². The molecule has 0 fully saturated rings. The summed E-state index contributed by atoms with van der Waals surface area (Å²) in [5, 5.41) is 8.73. The van der Waals surface area contributed by atoms with Crippen molar-refractivity contribution in [1.82, 2.24) is 14.4 Å². The number of benzene rings is 1. The van der Waals surface area contributed by atoms with E-state index in [-0.39, 0.29) is 6.42 Å². The van der Waals surface area contributed by atoms with E-state index in [9.17, 15) is 4.79 Å². The molecule has 104 valence electrons. The number of fused-ring (bicyclic) bond motifs is 3. The van der Waals surface area contributed by atoms with Crippen LogP contribution in [0, 0.1) is 0 Å². The maximum atomic E-state index is 10.6. The molecule has 0 spiro atoms. The number of hydrogen-bond donors (Lipinski definition) is 2. The van der Waals surface area contributed by atoms with Crippen LogP contribution in [0.3, 0.4) is 0 Å². The maximum absolute atomic E-state index is 10.6. The summed E-state index contributed by atoms with van der Waals surface area (Å²) in [4.78, 5) is 18.3. The Balaban J connectivity index is 2.05. The van der Waals surface area contributed by atoms with Crippen molar-refractivity contribution in [3.05, 3.63) is 35.7 Å². The van der Waals surface area contributed by atoms with Crippen LogP contribution in [0.15, 0.2) is 24.4 Å². The Kier molecular flexibility index (Phi) is 2.97. The first-order chi connectivity index (χ1) is 9.54. The number of carboxylic acid groups (broad SMARTS) is 1. The van der Waals surface area contributed by atoms with E-state index in [1.807, 2.05) is 16.7 Å². The van der Waals surface area contributed by atoms with Crippen molar-refractivity contribution in [2.45, 2.75) is 32.6 Å². The van der Waals surface area contributed by atoms with Gasteiger partial charge in [0.05, 0.1) is 17.5 Å². The summed E-state index contributed by atoms with van der Waals surface area (Å²) in [6.07, 6.45) is 2.56. The van der Waals surface area contributed by atoms with Crippen LogP contribution >= 0.6 is 0 Å². The number of nitrogens with one attached hydrogen (secondary N) is 1. The number of rotatable bonds is 4. The first-order valence-electron chi connectivity index (χ1n) is 6.76. The number of aromatic amines is 1. The van der Waals surface area contributed by atoms with Crippen LogP contribution in [0.4, 0.5) is 0 Å². The van der Waals surface area contributed by atoms with E-state index in [4.69, 9.17) is 5.11 Å². The highest BCUT2D eigenvalue weighted by Crippen LogP contribution is 2.22. The molecule has 0 aliphatic rings. The van der Waals surface area contributed by atoms with E-state index < -0.39 is 5.97 Å². The highest BCUT2D eigenvalue weighted by molar-refractivity contribution is 5.80. The van der Waals surface area contributed by atoms with Crippen molar-refractivity contribution >= 4 is 22.8 Å². The molecule has 2 heterocycles. The number of H-pyrrole nitrogens is 1. The fraction of sp³-hybridized carbons (Fsp3) is 0.333. The zero-order valence-corrected chi connectivity index (χ0v) is 11.6. The minimum Gasteiger partial charge on any atom is -0.481 e. The van der Waals surface area contributed by atoms with Gasteiger partial charge >= 0.3 is 5.97 Å². The predicted octanol–water partition coefficient (Wildman–Crippen LogP) is 2.96. The minimum atomic E-state index is -0.788. The standard InChI is InChI=1S/C15H17N3O2/c1-9(2)10-3-5-12-13(7-10)18-8-11(4-6-14(19)20)16-15(18)17-12/h3,5,7-9H,4,6H2,1-2H3,(H,16,17)(H,19,20). The van der Waals surface area contributed by atoms with Crippen molar-refractivity contribution in [2.75, 3.05) is 0 Å². The van der Waals surface area contributed by atoms with Gasteiger partial charge in [-0.1, -0.05) is 19.9 Å². The highest BCUT2D eigenvalue weighted by Gasteiger charge is 2.10. The van der Waals surface area contributed by atoms with Gasteiger partial charge in [0, 0.05) is 11.9 Å². The summed E-state index contributed by atoms with van der Waals surface area (Å²) in [7, 11) is 0. The van der Waals surface area contributed by atoms with Gasteiger partial charge < -0.3 is 10.1 Å². The number of imidazole rings is 2. The lowest BCUT2D eigenvalue weighted by Crippen LogP contribution is -1.97. The molecule has 0 unspecified atom stereocenters. The lowest BCUT2D eigenvalue weighted by atomic mass is 10.0. The maximum Gasteiger partial charge on any atom is 0.303 e. The van der Waals surface area contributed by atoms with Crippen LogP contribution in [0.2, 0.25) is 0 Å². The summed E-state index contributed by atoms with van der Waals surface area (Å²) in [6, 6.07) is 6.28. The molecule has 0 aliphatic heterocycles. The first-order valence-corrected chi connectivity index (χ1v) is 6.76. The van der Waals surface area contributed by atoms with Crippen LogP contribution in [0.1, 0.15) is 37.4 Å². The van der Waals surface area contributed by atoms with Gasteiger partial charge in [0.25, 0.3) is 0 Å². The highest BCUT2D eigenvalue weighted by atomic mass is 16.4. The molecule has 3 aromatic rings. The van der Waals surface area contributed by atoms with Gasteiger partial charge in [-0.05, 0) is 30.0 Å². The summed E-state index contributed by atoms with van der Waals surface area (Å²) in [5.41, 5.74) is 4.17. The molecule has 20 heavy (non-hydrogen) atoms. The average Bonchev–Trinajstić information content (AvgIpc) is 2.92. The second-order valence-electron chi connectivity index (χ2n) is 5.38. The smallest absolute Gasteiger partial charge is 0.303 e. The Labute approximate surface area is 116 Å². The molecule has 2 N–H and O–H groups in total. The third-order valence-electron chi connectivity index (χ3n) is 3.55. The van der Waals surface area contributed by atoms with Crippen molar-refractivity contribution < 1.29 is 9.90 Å². The Morgan fingerprint density at radius 3 is 2.95 bits per heavy atom. The number of carboxylic acids is 1. The molecule has 0 radical (unpaired) electrons. The molecule has 0 atom stereocenters. The molecule has 0 saturated heterocycles. The van der Waals surface area contributed by atoms with E-state index in [0.717, 1.165) is 22.5 Å². The number of aromatic nitrogens is 3. The molecule has 0 bridgehead atoms. The molecule has 0 amide bonds. The number of nitrogens with zero attached hydrogens (tertiary/aromatic N) is 2. The van der Waals surface area contributed by atoms with Gasteiger partial charge in [-0.3, -0.25) is 9.20 Å². The van der Waals surface area contributed by atoms with E-state index in [0.29, 0.717) is 12.3 Å². The van der Waals surface area contributed by atoms with E-state index in [1.54, 1.807) is 0 Å². The number of carbonyl (C=O) groups is 1. The Hall–Kier alpha value is -2.30. The molecule has 0 saturated carbocycles. The van der Waals surface area contributed by atoms with E-state index in [2.05, 4.69) is 35.9 Å². The van der Waals surface area contributed by atoms with Gasteiger partial charge in [-0.15, -0.1) is 0 Å². The Bertz CT molecular complexity index is 783. The predicted molar refractivity (Wildman–Crippen MR) is 77.1 cm³/mol. The molecule has 2 aromatic heterocycles. The third kappa shape index (κ3) is 2.15. The summed E-state index contributed by atoms with van der Waals surface area (Å²) < 4.78 is 2.00. The second kappa shape index (κ2) is 4.67. The van der Waals surface area contributed by atoms with E-state index in [1.165, 1.54) is 5.56 Å². The summed E-state index contributed by atoms with van der Waals surface area (Å²) in [5.74, 6) is 0.445. The fourth-order valence-electron chi connectivity index (χ4n) is 2.39. The van der Waals surface area contributed by atoms with E-state index >= 15 is 0 Å². The Morgan fingerprint density at radius 1 is 1.45 bits per heavy atom. The zero-order chi connectivity index (χ0) is 14.3. The number of aliphatic carboxylic acids is 1. The summed E-state index contributed by atoms with van der Waals surface area (Å²) >= 11 is 0. The van der Waals surface area contributed by atoms with Crippen molar-refractivity contribution in [3.63, 3.8) is 0 Å². The molecule has 3 rings (SSSR count). The van der Waals surface area contributed by atoms with Gasteiger partial charge in [0.2, 0.25) is 5.78 Å². The van der Waals surface area contributed by atoms with Gasteiger partial charge in [0.1, 0.15) is 0 Å². The normalized spacial score (nSPS) is 11.8. The lowest BCUT2D eigenvalue weighted by molar-refractivity contribution is -0.136. The molecule has 0 aliphatic carbocycles. The zero-order valence-electron chi connectivity index (χ0n) is 11.6. The molecule has 1 aromatic carbocycles. The van der Waals surface area contributed by atoms with Crippen molar-refractivity contribution in [1.29, 1.82) is 0 Å². The molecule has 5 nitrogen and oxygen atoms in total. The fourth-order valence-corrected chi connectivity index (χ4v) is 2.39. The average molecular weight is 271 g/mol. The molecular weight excluding hydrogens is 254 g/mol. The molecular formula is C15H17N3O2. The largest absolute Gasteiger partial charge is 0.481 e. The van der Waals surface area contributed by atoms with Crippen LogP contribution in [-0.4, -0.2) is 25.4 Å². The second-order valence-corrected chi connectivity index (χ2v) is 5.38. The summed E-state index contributed by atoms with van der Waals surface area (Å²) in [6.45, 7) is 4.32. The number of hydrogen-bond acceptors (Lipinski definition) is 2. The Morgan fingerprint density at radius 2 is 2.25 bits per heavy atom. The molecule has 5 heteroatoms. The van der Waals surface area contributed by atoms with Crippen molar-refractivity contribution in [3.8, 4) is 0 Å². The first kappa shape index (κ1) is 12.7. The third-order valence-corrected chi connectivity index (χ3v) is 3.55. The quantitative estimate of drug-likeness (QED) is 0.766. The SMILES string of the molecule is CC(C)c1ccc2nc3[nH]c(CCC(=O)O)cn3c2c1. The monoisotopic (exact) mass is 271 g/mol. The van der Waals surface area contributed by atoms with Gasteiger partial charge in [-0.25, -0.2) is 4.98 Å². The lowest BCUT2D eigenvalue weighted by Gasteiger charge is -2.04. The van der Waals surface area contributed by atoms with Gasteiger partial charge in [-0.2, -0.15) is 0 Å². The topological polar surface area (TPSA) is 70.4 Å². The van der Waals surface area contributed by atoms with Crippen LogP contribution < -0.4 is 0 Å². The van der Waals surface area contributed by atoms with Crippen molar-refractivity contribution in [2.24, 2.45) is 0 Å². The minimum absolute atomic E-state index is 0.124. The van der Waals surface area contributed by atoms with Crippen LogP contribution in [0.5, 0.6) is 0 Å². The van der Waals surface area contributed by atoms with Crippen LogP contribution in [-0.2, 0) is 11.2 Å². The van der Waals surface area contributed by atoms with Crippen LogP contribution in [0.25, 0.3) is 16.8 Å².